The first kappa shape index (κ1) is 16.1. The van der Waals surface area contributed by atoms with Crippen molar-refractivity contribution >= 4 is 55.1 Å². The Labute approximate surface area is 155 Å². The van der Waals surface area contributed by atoms with Gasteiger partial charge in [-0.25, -0.2) is 4.98 Å². The molecule has 3 aromatic rings. The summed E-state index contributed by atoms with van der Waals surface area (Å²) in [6.45, 7) is 0. The van der Waals surface area contributed by atoms with Gasteiger partial charge in [-0.1, -0.05) is 61.1 Å². The highest BCUT2D eigenvalue weighted by Gasteiger charge is 2.10. The highest BCUT2D eigenvalue weighted by atomic mass is 79.9. The Hall–Kier alpha value is -0.810. The third kappa shape index (κ3) is 3.57. The zero-order valence-corrected chi connectivity index (χ0v) is 15.9. The highest BCUT2D eigenvalue weighted by molar-refractivity contribution is 9.11. The van der Waals surface area contributed by atoms with Gasteiger partial charge in [0.05, 0.1) is 5.69 Å². The quantitative estimate of drug-likeness (QED) is 0.475. The van der Waals surface area contributed by atoms with Gasteiger partial charge in [-0.3, -0.25) is 0 Å². The molecule has 2 aromatic carbocycles. The molecular weight excluding hydrogens is 451 g/mol. The molecule has 0 aliphatic heterocycles. The summed E-state index contributed by atoms with van der Waals surface area (Å²) in [6, 6.07) is 11.5. The van der Waals surface area contributed by atoms with Crippen LogP contribution in [0.1, 0.15) is 11.4 Å². The summed E-state index contributed by atoms with van der Waals surface area (Å²) in [7, 11) is 0. The molecule has 0 amide bonds. The van der Waals surface area contributed by atoms with Gasteiger partial charge in [0.1, 0.15) is 5.82 Å². The first-order chi connectivity index (χ1) is 10.5. The van der Waals surface area contributed by atoms with E-state index in [-0.39, 0.29) is 0 Å². The second-order valence-corrected chi connectivity index (χ2v) is 7.38. The van der Waals surface area contributed by atoms with Crippen LogP contribution in [0.2, 0.25) is 10.0 Å². The van der Waals surface area contributed by atoms with E-state index in [4.69, 9.17) is 23.2 Å². The first-order valence-corrected chi connectivity index (χ1v) is 8.81. The molecular formula is C16H10Br2Cl2N2. The average Bonchev–Trinajstić information content (AvgIpc) is 2.93. The fourth-order valence-electron chi connectivity index (χ4n) is 2.13. The fourth-order valence-corrected chi connectivity index (χ4v) is 3.42. The predicted molar refractivity (Wildman–Crippen MR) is 98.7 cm³/mol. The van der Waals surface area contributed by atoms with Gasteiger partial charge in [0.25, 0.3) is 0 Å². The lowest BCUT2D eigenvalue weighted by atomic mass is 10.1. The third-order valence-corrected chi connectivity index (χ3v) is 4.98. The van der Waals surface area contributed by atoms with E-state index in [2.05, 4.69) is 41.8 Å². The Balaban J connectivity index is 1.89. The van der Waals surface area contributed by atoms with Crippen molar-refractivity contribution in [1.82, 2.24) is 9.97 Å². The zero-order valence-electron chi connectivity index (χ0n) is 11.2. The van der Waals surface area contributed by atoms with Gasteiger partial charge in [0, 0.05) is 37.2 Å². The minimum absolute atomic E-state index is 0.627. The van der Waals surface area contributed by atoms with Crippen molar-refractivity contribution in [2.75, 3.05) is 0 Å². The summed E-state index contributed by atoms with van der Waals surface area (Å²) in [4.78, 5) is 7.85. The number of halogens is 4. The molecule has 2 nitrogen and oxygen atoms in total. The molecule has 0 radical (unpaired) electrons. The van der Waals surface area contributed by atoms with Crippen molar-refractivity contribution in [1.29, 1.82) is 0 Å². The maximum atomic E-state index is 6.21. The Morgan fingerprint density at radius 1 is 1.05 bits per heavy atom. The Morgan fingerprint density at radius 2 is 1.86 bits per heavy atom. The van der Waals surface area contributed by atoms with Crippen LogP contribution in [0.5, 0.6) is 0 Å². The number of imidazole rings is 1. The van der Waals surface area contributed by atoms with E-state index in [0.29, 0.717) is 16.5 Å². The molecule has 0 aliphatic carbocycles. The van der Waals surface area contributed by atoms with Crippen LogP contribution in [0.4, 0.5) is 0 Å². The van der Waals surface area contributed by atoms with Crippen molar-refractivity contribution in [2.45, 2.75) is 6.42 Å². The second-order valence-electron chi connectivity index (χ2n) is 4.77. The van der Waals surface area contributed by atoms with Crippen LogP contribution in [0.25, 0.3) is 11.3 Å². The molecule has 1 N–H and O–H groups in total. The lowest BCUT2D eigenvalue weighted by molar-refractivity contribution is 1.03. The van der Waals surface area contributed by atoms with Crippen molar-refractivity contribution < 1.29 is 0 Å². The molecule has 0 fully saturated rings. The molecule has 112 valence electrons. The van der Waals surface area contributed by atoms with Crippen molar-refractivity contribution in [3.05, 3.63) is 73.0 Å². The summed E-state index contributed by atoms with van der Waals surface area (Å²) in [5, 5.41) is 1.28. The normalized spacial score (nSPS) is 10.9. The van der Waals surface area contributed by atoms with Gasteiger partial charge in [-0.05, 0) is 35.9 Å². The average molecular weight is 461 g/mol. The number of benzene rings is 2. The lowest BCUT2D eigenvalue weighted by Gasteiger charge is -2.03. The Morgan fingerprint density at radius 3 is 2.64 bits per heavy atom. The van der Waals surface area contributed by atoms with Crippen LogP contribution < -0.4 is 0 Å². The number of nitrogens with zero attached hydrogens (tertiary/aromatic N) is 1. The SMILES string of the molecule is Clc1ccc(Cc2nc(-c3cc(Br)ccc3Br)c[nH]2)c(Cl)c1. The molecule has 0 atom stereocenters. The summed E-state index contributed by atoms with van der Waals surface area (Å²) >= 11 is 19.2. The van der Waals surface area contributed by atoms with Gasteiger partial charge in [-0.2, -0.15) is 0 Å². The molecule has 1 aromatic heterocycles. The molecule has 0 saturated heterocycles. The number of rotatable bonds is 3. The van der Waals surface area contributed by atoms with E-state index in [9.17, 15) is 0 Å². The third-order valence-electron chi connectivity index (χ3n) is 3.21. The second kappa shape index (κ2) is 6.75. The van der Waals surface area contributed by atoms with Crippen LogP contribution in [0, 0.1) is 0 Å². The summed E-state index contributed by atoms with van der Waals surface area (Å²) < 4.78 is 2.01. The van der Waals surface area contributed by atoms with Crippen LogP contribution in [-0.2, 0) is 6.42 Å². The Kier molecular flexibility index (Phi) is 4.93. The monoisotopic (exact) mass is 458 g/mol. The highest BCUT2D eigenvalue weighted by Crippen LogP contribution is 2.30. The van der Waals surface area contributed by atoms with E-state index < -0.39 is 0 Å². The standard InChI is InChI=1S/C16H10Br2Cl2N2/c17-10-2-4-13(18)12(6-10)15-8-21-16(22-15)5-9-1-3-11(19)7-14(9)20/h1-4,6-8H,5H2,(H,21,22). The zero-order chi connectivity index (χ0) is 15.7. The number of hydrogen-bond acceptors (Lipinski definition) is 1. The molecule has 0 aliphatic rings. The molecule has 0 spiro atoms. The van der Waals surface area contributed by atoms with E-state index in [0.717, 1.165) is 31.6 Å². The fraction of sp³-hybridized carbons (Fsp3) is 0.0625. The smallest absolute Gasteiger partial charge is 0.111 e. The minimum atomic E-state index is 0.627. The van der Waals surface area contributed by atoms with Gasteiger partial charge < -0.3 is 4.98 Å². The number of hydrogen-bond donors (Lipinski definition) is 1. The molecule has 22 heavy (non-hydrogen) atoms. The maximum Gasteiger partial charge on any atom is 0.111 e. The van der Waals surface area contributed by atoms with Crippen molar-refractivity contribution in [2.24, 2.45) is 0 Å². The van der Waals surface area contributed by atoms with Crippen LogP contribution >= 0.6 is 55.1 Å². The molecule has 3 rings (SSSR count). The van der Waals surface area contributed by atoms with E-state index in [1.54, 1.807) is 6.07 Å². The largest absolute Gasteiger partial charge is 0.348 e. The maximum absolute atomic E-state index is 6.21. The van der Waals surface area contributed by atoms with Gasteiger partial charge >= 0.3 is 0 Å². The number of aromatic amines is 1. The number of aromatic nitrogens is 2. The molecule has 1 heterocycles. The summed E-state index contributed by atoms with van der Waals surface area (Å²) in [5.41, 5.74) is 2.90. The van der Waals surface area contributed by atoms with Crippen LogP contribution in [0.15, 0.2) is 51.5 Å². The van der Waals surface area contributed by atoms with E-state index in [1.165, 1.54) is 0 Å². The van der Waals surface area contributed by atoms with E-state index in [1.807, 2.05) is 36.5 Å². The number of H-pyrrole nitrogens is 1. The Bertz CT molecular complexity index is 831. The van der Waals surface area contributed by atoms with Crippen molar-refractivity contribution in [3.63, 3.8) is 0 Å². The molecule has 0 unspecified atom stereocenters. The van der Waals surface area contributed by atoms with E-state index >= 15 is 0 Å². The lowest BCUT2D eigenvalue weighted by Crippen LogP contribution is -1.92. The van der Waals surface area contributed by atoms with Crippen LogP contribution in [-0.4, -0.2) is 9.97 Å². The molecule has 0 saturated carbocycles. The first-order valence-electron chi connectivity index (χ1n) is 6.46. The van der Waals surface area contributed by atoms with Gasteiger partial charge in [-0.15, -0.1) is 0 Å². The van der Waals surface area contributed by atoms with Gasteiger partial charge in [0.2, 0.25) is 0 Å². The molecule has 6 heteroatoms. The summed E-state index contributed by atoms with van der Waals surface area (Å²) in [5.74, 6) is 0.853. The van der Waals surface area contributed by atoms with Gasteiger partial charge in [0.15, 0.2) is 0 Å². The minimum Gasteiger partial charge on any atom is -0.348 e. The van der Waals surface area contributed by atoms with Crippen molar-refractivity contribution in [3.8, 4) is 11.3 Å². The molecule has 0 bridgehead atoms. The van der Waals surface area contributed by atoms with Crippen LogP contribution in [0.3, 0.4) is 0 Å². The predicted octanol–water partition coefficient (Wildman–Crippen LogP) is 6.50. The summed E-state index contributed by atoms with van der Waals surface area (Å²) in [6.07, 6.45) is 2.52. The topological polar surface area (TPSA) is 28.7 Å². The number of nitrogens with one attached hydrogen (secondary N) is 1.